The highest BCUT2D eigenvalue weighted by Gasteiger charge is 2.22. The average Bonchev–Trinajstić information content (AvgIpc) is 3.04. The molecule has 25 heavy (non-hydrogen) atoms. The lowest BCUT2D eigenvalue weighted by Gasteiger charge is -2.26. The van der Waals surface area contributed by atoms with Crippen LogP contribution in [-0.4, -0.2) is 47.5 Å². The van der Waals surface area contributed by atoms with Gasteiger partial charge in [0.15, 0.2) is 11.5 Å². The minimum atomic E-state index is -0.101. The minimum Gasteiger partial charge on any atom is -0.344 e. The molecule has 2 N–H and O–H groups in total. The van der Waals surface area contributed by atoms with Gasteiger partial charge >= 0.3 is 0 Å². The SMILES string of the molecule is Cn1ccnc1CNC(=O)C1=CN(c2ncnc3c2[nH]n3C)CCS1.[HH].[HH]. The molecule has 3 aromatic rings. The number of anilines is 1. The Morgan fingerprint density at radius 2 is 2.28 bits per heavy atom. The van der Waals surface area contributed by atoms with Crippen molar-refractivity contribution in [1.29, 1.82) is 0 Å². The second-order valence-electron chi connectivity index (χ2n) is 5.74. The summed E-state index contributed by atoms with van der Waals surface area (Å²) in [7, 11) is 3.80. The standard InChI is InChI=1S/C15H18N8OS.2H2/c1-21-4-3-16-11(21)7-17-15(24)10-8-23(5-6-25-10)14-12-13(18-9-19-14)22(2)20-12;;/h3-4,8-9,20H,5-7H2,1-2H3,(H,17,24);2*1H. The molecule has 0 bridgehead atoms. The Balaban J connectivity index is 0.00000131. The van der Waals surface area contributed by atoms with E-state index in [0.29, 0.717) is 11.4 Å². The zero-order valence-corrected chi connectivity index (χ0v) is 14.7. The maximum Gasteiger partial charge on any atom is 0.259 e. The molecular formula is C15H22N8OS. The van der Waals surface area contributed by atoms with Gasteiger partial charge in [-0.15, -0.1) is 11.8 Å². The molecule has 3 aromatic heterocycles. The number of fused-ring (bicyclic) bond motifs is 1. The van der Waals surface area contributed by atoms with Gasteiger partial charge in [0.25, 0.3) is 5.91 Å². The van der Waals surface area contributed by atoms with Crippen LogP contribution in [0.2, 0.25) is 0 Å². The first-order valence-corrected chi connectivity index (χ1v) is 8.83. The van der Waals surface area contributed by atoms with E-state index in [-0.39, 0.29) is 8.76 Å². The van der Waals surface area contributed by atoms with Crippen molar-refractivity contribution in [2.24, 2.45) is 14.1 Å². The molecule has 0 saturated heterocycles. The Kier molecular flexibility index (Phi) is 3.96. The Bertz CT molecular complexity index is 962. The number of imidazole rings is 1. The number of H-pyrrole nitrogens is 1. The van der Waals surface area contributed by atoms with Gasteiger partial charge in [-0.05, 0) is 0 Å². The molecule has 1 aliphatic heterocycles. The van der Waals surface area contributed by atoms with Crippen molar-refractivity contribution in [3.63, 3.8) is 0 Å². The van der Waals surface area contributed by atoms with Crippen LogP contribution in [0.1, 0.15) is 8.68 Å². The third-order valence-corrected chi connectivity index (χ3v) is 5.08. The zero-order valence-electron chi connectivity index (χ0n) is 13.9. The van der Waals surface area contributed by atoms with Gasteiger partial charge in [-0.1, -0.05) is 0 Å². The zero-order chi connectivity index (χ0) is 17.4. The maximum atomic E-state index is 12.5. The van der Waals surface area contributed by atoms with Crippen molar-refractivity contribution in [1.82, 2.24) is 34.6 Å². The quantitative estimate of drug-likeness (QED) is 0.725. The average molecular weight is 362 g/mol. The highest BCUT2D eigenvalue weighted by Crippen LogP contribution is 2.29. The van der Waals surface area contributed by atoms with Gasteiger partial charge in [0, 0.05) is 47.8 Å². The van der Waals surface area contributed by atoms with E-state index in [1.165, 1.54) is 0 Å². The van der Waals surface area contributed by atoms with Gasteiger partial charge in [-0.2, -0.15) is 0 Å². The summed E-state index contributed by atoms with van der Waals surface area (Å²) in [5.41, 5.74) is 1.75. The van der Waals surface area contributed by atoms with E-state index >= 15 is 0 Å². The van der Waals surface area contributed by atoms with Crippen LogP contribution in [0.15, 0.2) is 29.8 Å². The first-order chi connectivity index (χ1) is 12.1. The lowest BCUT2D eigenvalue weighted by molar-refractivity contribution is -0.117. The van der Waals surface area contributed by atoms with E-state index in [0.717, 1.165) is 35.1 Å². The third-order valence-electron chi connectivity index (χ3n) is 4.09. The summed E-state index contributed by atoms with van der Waals surface area (Å²) in [5, 5.41) is 6.09. The summed E-state index contributed by atoms with van der Waals surface area (Å²) in [6, 6.07) is 0. The van der Waals surface area contributed by atoms with Crippen molar-refractivity contribution < 1.29 is 7.65 Å². The van der Waals surface area contributed by atoms with E-state index < -0.39 is 0 Å². The summed E-state index contributed by atoms with van der Waals surface area (Å²) >= 11 is 1.55. The number of amides is 1. The van der Waals surface area contributed by atoms with Crippen LogP contribution in [0.3, 0.4) is 0 Å². The fraction of sp³-hybridized carbons (Fsp3) is 0.333. The molecule has 9 nitrogen and oxygen atoms in total. The number of thioether (sulfide) groups is 1. The Morgan fingerprint density at radius 3 is 3.04 bits per heavy atom. The predicted molar refractivity (Wildman–Crippen MR) is 100 cm³/mol. The second kappa shape index (κ2) is 6.28. The van der Waals surface area contributed by atoms with E-state index in [4.69, 9.17) is 0 Å². The number of aromatic amines is 1. The molecule has 1 aliphatic rings. The molecule has 0 aromatic carbocycles. The van der Waals surface area contributed by atoms with Crippen LogP contribution < -0.4 is 10.2 Å². The fourth-order valence-electron chi connectivity index (χ4n) is 2.71. The first-order valence-electron chi connectivity index (χ1n) is 7.84. The molecule has 0 spiro atoms. The van der Waals surface area contributed by atoms with E-state index in [2.05, 4.69) is 25.4 Å². The number of aromatic nitrogens is 6. The van der Waals surface area contributed by atoms with Crippen molar-refractivity contribution in [2.75, 3.05) is 17.2 Å². The normalized spacial score (nSPS) is 14.8. The van der Waals surface area contributed by atoms with Crippen LogP contribution in [0.25, 0.3) is 11.2 Å². The van der Waals surface area contributed by atoms with Crippen LogP contribution in [-0.2, 0) is 25.4 Å². The lowest BCUT2D eigenvalue weighted by atomic mass is 10.4. The van der Waals surface area contributed by atoms with E-state index in [1.807, 2.05) is 40.6 Å². The third kappa shape index (κ3) is 2.88. The highest BCUT2D eigenvalue weighted by molar-refractivity contribution is 8.04. The number of nitrogens with zero attached hydrogens (tertiary/aromatic N) is 6. The number of hydrogen-bond acceptors (Lipinski definition) is 6. The highest BCUT2D eigenvalue weighted by atomic mass is 32.2. The summed E-state index contributed by atoms with van der Waals surface area (Å²) in [4.78, 5) is 28.0. The Morgan fingerprint density at radius 1 is 1.40 bits per heavy atom. The summed E-state index contributed by atoms with van der Waals surface area (Å²) in [5.74, 6) is 2.32. The molecule has 134 valence electrons. The predicted octanol–water partition coefficient (Wildman–Crippen LogP) is 1.23. The monoisotopic (exact) mass is 362 g/mol. The summed E-state index contributed by atoms with van der Waals surface area (Å²) < 4.78 is 3.72. The van der Waals surface area contributed by atoms with Gasteiger partial charge < -0.3 is 14.8 Å². The van der Waals surface area contributed by atoms with Crippen LogP contribution in [0.5, 0.6) is 0 Å². The lowest BCUT2D eigenvalue weighted by Crippen LogP contribution is -2.31. The molecule has 0 saturated carbocycles. The number of rotatable bonds is 4. The van der Waals surface area contributed by atoms with E-state index in [1.54, 1.807) is 24.3 Å². The molecule has 0 aliphatic carbocycles. The van der Waals surface area contributed by atoms with Crippen LogP contribution in [0, 0.1) is 0 Å². The minimum absolute atomic E-state index is 0. The summed E-state index contributed by atoms with van der Waals surface area (Å²) in [6.45, 7) is 1.19. The van der Waals surface area contributed by atoms with Gasteiger partial charge in [-0.25, -0.2) is 15.0 Å². The number of carbonyl (C=O) groups excluding carboxylic acids is 1. The van der Waals surface area contributed by atoms with Gasteiger partial charge in [0.2, 0.25) is 0 Å². The molecular weight excluding hydrogens is 340 g/mol. The molecule has 0 fully saturated rings. The molecule has 1 amide bonds. The van der Waals surface area contributed by atoms with Crippen molar-refractivity contribution >= 4 is 34.7 Å². The van der Waals surface area contributed by atoms with Gasteiger partial charge in [-0.3, -0.25) is 14.6 Å². The number of nitrogens with one attached hydrogen (secondary N) is 2. The van der Waals surface area contributed by atoms with Gasteiger partial charge in [0.05, 0.1) is 11.4 Å². The number of aryl methyl sites for hydroxylation is 2. The number of carbonyl (C=O) groups is 1. The number of hydrogen-bond donors (Lipinski definition) is 2. The largest absolute Gasteiger partial charge is 0.344 e. The van der Waals surface area contributed by atoms with Crippen molar-refractivity contribution in [2.45, 2.75) is 6.54 Å². The fourth-order valence-corrected chi connectivity index (χ4v) is 3.62. The molecule has 4 rings (SSSR count). The van der Waals surface area contributed by atoms with Crippen LogP contribution >= 0.6 is 11.8 Å². The van der Waals surface area contributed by atoms with E-state index in [9.17, 15) is 4.79 Å². The molecule has 0 radical (unpaired) electrons. The molecule has 10 heteroatoms. The molecule has 4 heterocycles. The van der Waals surface area contributed by atoms with Gasteiger partial charge in [0.1, 0.15) is 17.7 Å². The Hall–Kier alpha value is -2.75. The summed E-state index contributed by atoms with van der Waals surface area (Å²) in [6.07, 6.45) is 6.97. The first kappa shape index (κ1) is 15.8. The maximum absolute atomic E-state index is 12.5. The van der Waals surface area contributed by atoms with Crippen molar-refractivity contribution in [3.8, 4) is 0 Å². The molecule has 0 unspecified atom stereocenters. The van der Waals surface area contributed by atoms with Crippen LogP contribution in [0.4, 0.5) is 5.82 Å². The Labute approximate surface area is 151 Å². The van der Waals surface area contributed by atoms with Crippen molar-refractivity contribution in [3.05, 3.63) is 35.7 Å². The molecule has 0 atom stereocenters. The second-order valence-corrected chi connectivity index (χ2v) is 6.88. The topological polar surface area (TPSA) is 96.7 Å². The smallest absolute Gasteiger partial charge is 0.259 e.